The molecule has 5 heteroatoms. The van der Waals surface area contributed by atoms with Gasteiger partial charge in [0.15, 0.2) is 0 Å². The summed E-state index contributed by atoms with van der Waals surface area (Å²) in [5, 5.41) is 0. The summed E-state index contributed by atoms with van der Waals surface area (Å²) in [7, 11) is 0.949. The van der Waals surface area contributed by atoms with Gasteiger partial charge >= 0.3 is 0 Å². The maximum atomic E-state index is 12.7. The van der Waals surface area contributed by atoms with Crippen LogP contribution < -0.4 is 0 Å². The second kappa shape index (κ2) is 5.95. The molecular weight excluding hydrogens is 296 g/mol. The SMILES string of the molecule is CN(C)C1(CC2CC2)CCN(S(=O)(=O)c2ccccc2)CC1. The second-order valence-corrected chi connectivity index (χ2v) is 8.92. The molecule has 122 valence electrons. The number of nitrogens with zero attached hydrogens (tertiary/aromatic N) is 2. The number of benzene rings is 1. The normalized spacial score (nSPS) is 22.9. The van der Waals surface area contributed by atoms with Crippen molar-refractivity contribution in [3.8, 4) is 0 Å². The summed E-state index contributed by atoms with van der Waals surface area (Å²) in [5.74, 6) is 0.861. The van der Waals surface area contributed by atoms with E-state index in [4.69, 9.17) is 0 Å². The minimum Gasteiger partial charge on any atom is -0.304 e. The fraction of sp³-hybridized carbons (Fsp3) is 0.647. The third kappa shape index (κ3) is 3.07. The molecule has 1 aromatic rings. The summed E-state index contributed by atoms with van der Waals surface area (Å²) in [4.78, 5) is 2.74. The molecule has 1 saturated carbocycles. The molecule has 1 heterocycles. The lowest BCUT2D eigenvalue weighted by Gasteiger charge is -2.46. The van der Waals surface area contributed by atoms with Crippen LogP contribution in [0.3, 0.4) is 0 Å². The smallest absolute Gasteiger partial charge is 0.243 e. The summed E-state index contributed by atoms with van der Waals surface area (Å²) in [6.45, 7) is 1.25. The molecule has 0 unspecified atom stereocenters. The van der Waals surface area contributed by atoms with Gasteiger partial charge in [-0.05, 0) is 51.4 Å². The van der Waals surface area contributed by atoms with E-state index in [1.54, 1.807) is 28.6 Å². The first kappa shape index (κ1) is 16.0. The van der Waals surface area contributed by atoms with Crippen molar-refractivity contribution in [3.63, 3.8) is 0 Å². The van der Waals surface area contributed by atoms with Crippen molar-refractivity contribution in [3.05, 3.63) is 30.3 Å². The molecule has 1 aliphatic heterocycles. The van der Waals surface area contributed by atoms with E-state index in [-0.39, 0.29) is 5.54 Å². The standard InChI is InChI=1S/C17H26N2O2S/c1-18(2)17(14-15-8-9-15)10-12-19(13-11-17)22(20,21)16-6-4-3-5-7-16/h3-7,15H,8-14H2,1-2H3. The van der Waals surface area contributed by atoms with Crippen molar-refractivity contribution in [1.82, 2.24) is 9.21 Å². The number of sulfonamides is 1. The van der Waals surface area contributed by atoms with E-state index in [9.17, 15) is 8.42 Å². The van der Waals surface area contributed by atoms with Crippen LogP contribution in [-0.2, 0) is 10.0 Å². The molecule has 0 radical (unpaired) electrons. The van der Waals surface area contributed by atoms with Gasteiger partial charge in [0.25, 0.3) is 0 Å². The number of hydrogen-bond acceptors (Lipinski definition) is 3. The molecule has 0 spiro atoms. The van der Waals surface area contributed by atoms with Crippen molar-refractivity contribution in [1.29, 1.82) is 0 Å². The van der Waals surface area contributed by atoms with E-state index >= 15 is 0 Å². The second-order valence-electron chi connectivity index (χ2n) is 6.98. The van der Waals surface area contributed by atoms with Crippen LogP contribution in [0.25, 0.3) is 0 Å². The first-order valence-corrected chi connectivity index (χ1v) is 9.61. The highest BCUT2D eigenvalue weighted by atomic mass is 32.2. The largest absolute Gasteiger partial charge is 0.304 e. The zero-order chi connectivity index (χ0) is 15.8. The summed E-state index contributed by atoms with van der Waals surface area (Å²) in [5.41, 5.74) is 0.184. The molecule has 1 aliphatic carbocycles. The average Bonchev–Trinajstić information content (AvgIpc) is 3.32. The van der Waals surface area contributed by atoms with Crippen LogP contribution in [0.4, 0.5) is 0 Å². The Morgan fingerprint density at radius 3 is 2.23 bits per heavy atom. The molecule has 4 nitrogen and oxygen atoms in total. The number of piperidine rings is 1. The molecule has 22 heavy (non-hydrogen) atoms. The first-order valence-electron chi connectivity index (χ1n) is 8.17. The van der Waals surface area contributed by atoms with E-state index in [0.29, 0.717) is 18.0 Å². The topological polar surface area (TPSA) is 40.6 Å². The van der Waals surface area contributed by atoms with Crippen LogP contribution in [0.15, 0.2) is 35.2 Å². The lowest BCUT2D eigenvalue weighted by Crippen LogP contribution is -2.54. The number of rotatable bonds is 5. The van der Waals surface area contributed by atoms with Crippen molar-refractivity contribution in [2.45, 2.75) is 42.5 Å². The maximum Gasteiger partial charge on any atom is 0.243 e. The highest BCUT2D eigenvalue weighted by molar-refractivity contribution is 7.89. The zero-order valence-corrected chi connectivity index (χ0v) is 14.3. The monoisotopic (exact) mass is 322 g/mol. The quantitative estimate of drug-likeness (QED) is 0.836. The Morgan fingerprint density at radius 1 is 1.14 bits per heavy atom. The van der Waals surface area contributed by atoms with Gasteiger partial charge < -0.3 is 4.90 Å². The minimum atomic E-state index is -3.34. The van der Waals surface area contributed by atoms with Gasteiger partial charge in [0.2, 0.25) is 10.0 Å². The van der Waals surface area contributed by atoms with Crippen LogP contribution in [0, 0.1) is 5.92 Å². The Labute approximate surface area is 134 Å². The highest BCUT2D eigenvalue weighted by Crippen LogP contribution is 2.43. The van der Waals surface area contributed by atoms with Crippen LogP contribution in [0.5, 0.6) is 0 Å². The van der Waals surface area contributed by atoms with Crippen molar-refractivity contribution in [2.75, 3.05) is 27.2 Å². The molecule has 0 bridgehead atoms. The lowest BCUT2D eigenvalue weighted by molar-refractivity contribution is 0.0696. The van der Waals surface area contributed by atoms with Gasteiger partial charge in [-0.2, -0.15) is 4.31 Å². The van der Waals surface area contributed by atoms with Gasteiger partial charge in [0.05, 0.1) is 4.90 Å². The van der Waals surface area contributed by atoms with Gasteiger partial charge in [-0.3, -0.25) is 0 Å². The maximum absolute atomic E-state index is 12.7. The Hall–Kier alpha value is -0.910. The Bertz CT molecular complexity index is 601. The third-order valence-electron chi connectivity index (χ3n) is 5.35. The van der Waals surface area contributed by atoms with E-state index in [0.717, 1.165) is 18.8 Å². The fourth-order valence-corrected chi connectivity index (χ4v) is 5.04. The lowest BCUT2D eigenvalue weighted by atomic mass is 9.82. The van der Waals surface area contributed by atoms with E-state index in [1.807, 2.05) is 6.07 Å². The van der Waals surface area contributed by atoms with Crippen molar-refractivity contribution < 1.29 is 8.42 Å². The predicted molar refractivity (Wildman–Crippen MR) is 88.2 cm³/mol. The summed E-state index contributed by atoms with van der Waals surface area (Å²) < 4.78 is 27.1. The van der Waals surface area contributed by atoms with E-state index in [1.165, 1.54) is 19.3 Å². The summed E-state index contributed by atoms with van der Waals surface area (Å²) >= 11 is 0. The summed E-state index contributed by atoms with van der Waals surface area (Å²) in [6.07, 6.45) is 5.79. The summed E-state index contributed by atoms with van der Waals surface area (Å²) in [6, 6.07) is 8.80. The van der Waals surface area contributed by atoms with E-state index < -0.39 is 10.0 Å². The molecule has 2 aliphatic rings. The predicted octanol–water partition coefficient (Wildman–Crippen LogP) is 2.57. The third-order valence-corrected chi connectivity index (χ3v) is 7.26. The van der Waals surface area contributed by atoms with Gasteiger partial charge in [-0.1, -0.05) is 31.0 Å². The molecule has 0 amide bonds. The molecule has 1 aromatic carbocycles. The van der Waals surface area contributed by atoms with Crippen molar-refractivity contribution >= 4 is 10.0 Å². The Balaban J connectivity index is 1.73. The van der Waals surface area contributed by atoms with E-state index in [2.05, 4.69) is 19.0 Å². The van der Waals surface area contributed by atoms with Crippen LogP contribution in [-0.4, -0.2) is 50.3 Å². The Kier molecular flexibility index (Phi) is 4.32. The number of hydrogen-bond donors (Lipinski definition) is 0. The molecule has 0 atom stereocenters. The van der Waals surface area contributed by atoms with Crippen LogP contribution >= 0.6 is 0 Å². The fourth-order valence-electron chi connectivity index (χ4n) is 3.58. The molecule has 3 rings (SSSR count). The van der Waals surface area contributed by atoms with Crippen LogP contribution in [0.2, 0.25) is 0 Å². The molecule has 1 saturated heterocycles. The molecule has 0 aromatic heterocycles. The average molecular weight is 322 g/mol. The van der Waals surface area contributed by atoms with Gasteiger partial charge in [0.1, 0.15) is 0 Å². The first-order chi connectivity index (χ1) is 10.4. The Morgan fingerprint density at radius 2 is 1.73 bits per heavy atom. The zero-order valence-electron chi connectivity index (χ0n) is 13.5. The van der Waals surface area contributed by atoms with Crippen molar-refractivity contribution in [2.24, 2.45) is 5.92 Å². The van der Waals surface area contributed by atoms with Crippen LogP contribution in [0.1, 0.15) is 32.1 Å². The molecule has 2 fully saturated rings. The minimum absolute atomic E-state index is 0.184. The van der Waals surface area contributed by atoms with Gasteiger partial charge in [0, 0.05) is 18.6 Å². The van der Waals surface area contributed by atoms with Gasteiger partial charge in [-0.15, -0.1) is 0 Å². The highest BCUT2D eigenvalue weighted by Gasteiger charge is 2.43. The molecule has 0 N–H and O–H groups in total. The van der Waals surface area contributed by atoms with Gasteiger partial charge in [-0.25, -0.2) is 8.42 Å². The molecular formula is C17H26N2O2S.